The van der Waals surface area contributed by atoms with E-state index in [9.17, 15) is 4.39 Å². The molecular formula is C27H26FN3O. The molecule has 0 bridgehead atoms. The predicted octanol–water partition coefficient (Wildman–Crippen LogP) is 5.47. The summed E-state index contributed by atoms with van der Waals surface area (Å²) in [4.78, 5) is 9.62. The van der Waals surface area contributed by atoms with Gasteiger partial charge in [0.15, 0.2) is 5.76 Å². The lowest BCUT2D eigenvalue weighted by Crippen LogP contribution is -2.45. The highest BCUT2D eigenvalue weighted by molar-refractivity contribution is 5.76. The lowest BCUT2D eigenvalue weighted by atomic mass is 10.1. The zero-order valence-electron chi connectivity index (χ0n) is 18.0. The van der Waals surface area contributed by atoms with Crippen LogP contribution in [0, 0.1) is 5.82 Å². The molecule has 0 N–H and O–H groups in total. The van der Waals surface area contributed by atoms with Crippen LogP contribution in [0.1, 0.15) is 11.5 Å². The van der Waals surface area contributed by atoms with E-state index in [-0.39, 0.29) is 5.82 Å². The summed E-state index contributed by atoms with van der Waals surface area (Å²) in [6, 6.07) is 27.2. The van der Waals surface area contributed by atoms with Crippen LogP contribution < -0.4 is 0 Å². The van der Waals surface area contributed by atoms with E-state index in [4.69, 9.17) is 9.40 Å². The van der Waals surface area contributed by atoms with E-state index in [1.165, 1.54) is 6.07 Å². The highest BCUT2D eigenvalue weighted by Gasteiger charge is 2.22. The fourth-order valence-electron chi connectivity index (χ4n) is 4.20. The second kappa shape index (κ2) is 9.47. The molecule has 4 aromatic rings. The molecule has 1 fully saturated rings. The Morgan fingerprint density at radius 2 is 1.34 bits per heavy atom. The van der Waals surface area contributed by atoms with Gasteiger partial charge >= 0.3 is 0 Å². The zero-order chi connectivity index (χ0) is 21.8. The maximum atomic E-state index is 13.5. The summed E-state index contributed by atoms with van der Waals surface area (Å²) in [7, 11) is 0. The summed E-state index contributed by atoms with van der Waals surface area (Å²) in [6.07, 6.45) is 0. The van der Waals surface area contributed by atoms with Crippen LogP contribution >= 0.6 is 0 Å². The van der Waals surface area contributed by atoms with Crippen molar-refractivity contribution < 1.29 is 8.81 Å². The molecule has 1 saturated heterocycles. The normalized spacial score (nSPS) is 15.2. The number of oxazole rings is 1. The number of benzene rings is 3. The van der Waals surface area contributed by atoms with Crippen molar-refractivity contribution in [3.8, 4) is 22.6 Å². The van der Waals surface area contributed by atoms with Gasteiger partial charge in [0.1, 0.15) is 11.5 Å². The number of halogens is 1. The fraction of sp³-hybridized carbons (Fsp3) is 0.222. The Balaban J connectivity index is 1.28. The molecule has 0 amide bonds. The fourth-order valence-corrected chi connectivity index (χ4v) is 4.20. The molecule has 1 aliphatic heterocycles. The van der Waals surface area contributed by atoms with E-state index in [2.05, 4.69) is 34.1 Å². The highest BCUT2D eigenvalue weighted by atomic mass is 19.1. The number of piperazine rings is 1. The molecular weight excluding hydrogens is 401 g/mol. The van der Waals surface area contributed by atoms with Gasteiger partial charge in [0.25, 0.3) is 0 Å². The summed E-state index contributed by atoms with van der Waals surface area (Å²) in [5.41, 5.74) is 3.99. The molecule has 4 nitrogen and oxygen atoms in total. The van der Waals surface area contributed by atoms with Gasteiger partial charge in [-0.15, -0.1) is 0 Å². The van der Waals surface area contributed by atoms with Crippen molar-refractivity contribution in [1.82, 2.24) is 14.8 Å². The van der Waals surface area contributed by atoms with E-state index in [1.54, 1.807) is 12.1 Å². The minimum absolute atomic E-state index is 0.173. The molecule has 0 radical (unpaired) electrons. The molecule has 1 aliphatic rings. The van der Waals surface area contributed by atoms with Gasteiger partial charge in [-0.05, 0) is 17.7 Å². The third-order valence-corrected chi connectivity index (χ3v) is 5.87. The second-order valence-corrected chi connectivity index (χ2v) is 8.20. The first-order valence-corrected chi connectivity index (χ1v) is 11.0. The summed E-state index contributed by atoms with van der Waals surface area (Å²) in [5, 5.41) is 0. The second-order valence-electron chi connectivity index (χ2n) is 8.20. The van der Waals surface area contributed by atoms with Crippen molar-refractivity contribution >= 4 is 0 Å². The molecule has 2 heterocycles. The Morgan fingerprint density at radius 3 is 2.00 bits per heavy atom. The van der Waals surface area contributed by atoms with Crippen molar-refractivity contribution in [2.24, 2.45) is 0 Å². The summed E-state index contributed by atoms with van der Waals surface area (Å²) >= 11 is 0. The summed E-state index contributed by atoms with van der Waals surface area (Å²) in [6.45, 7) is 5.20. The first-order valence-electron chi connectivity index (χ1n) is 11.0. The van der Waals surface area contributed by atoms with Gasteiger partial charge < -0.3 is 4.42 Å². The van der Waals surface area contributed by atoms with E-state index in [1.807, 2.05) is 42.5 Å². The van der Waals surface area contributed by atoms with Crippen molar-refractivity contribution in [2.45, 2.75) is 13.1 Å². The van der Waals surface area contributed by atoms with Crippen LogP contribution in [0.15, 0.2) is 89.3 Å². The first-order chi connectivity index (χ1) is 15.7. The molecule has 5 rings (SSSR count). The largest absolute Gasteiger partial charge is 0.439 e. The average molecular weight is 428 g/mol. The lowest BCUT2D eigenvalue weighted by molar-refractivity contribution is 0.114. The zero-order valence-corrected chi connectivity index (χ0v) is 18.0. The van der Waals surface area contributed by atoms with Crippen molar-refractivity contribution in [2.75, 3.05) is 26.2 Å². The van der Waals surface area contributed by atoms with Gasteiger partial charge in [0, 0.05) is 43.9 Å². The van der Waals surface area contributed by atoms with Crippen molar-refractivity contribution in [3.05, 3.63) is 102 Å². The van der Waals surface area contributed by atoms with E-state index in [0.717, 1.165) is 66.8 Å². The average Bonchev–Trinajstić information content (AvgIpc) is 3.25. The maximum Gasteiger partial charge on any atom is 0.209 e. The molecule has 5 heteroatoms. The Bertz CT molecular complexity index is 1100. The third kappa shape index (κ3) is 4.79. The molecule has 0 unspecified atom stereocenters. The number of hydrogen-bond donors (Lipinski definition) is 0. The minimum Gasteiger partial charge on any atom is -0.439 e. The Morgan fingerprint density at radius 1 is 0.719 bits per heavy atom. The van der Waals surface area contributed by atoms with E-state index in [0.29, 0.717) is 6.54 Å². The Kier molecular flexibility index (Phi) is 6.10. The smallest absolute Gasteiger partial charge is 0.209 e. The number of hydrogen-bond acceptors (Lipinski definition) is 4. The monoisotopic (exact) mass is 427 g/mol. The van der Waals surface area contributed by atoms with Crippen LogP contribution in [0.2, 0.25) is 0 Å². The van der Waals surface area contributed by atoms with Crippen LogP contribution in [0.5, 0.6) is 0 Å². The van der Waals surface area contributed by atoms with Crippen molar-refractivity contribution in [3.63, 3.8) is 0 Å². The number of nitrogens with zero attached hydrogens (tertiary/aromatic N) is 3. The first kappa shape index (κ1) is 20.6. The predicted molar refractivity (Wildman–Crippen MR) is 124 cm³/mol. The molecule has 3 aromatic carbocycles. The topological polar surface area (TPSA) is 32.5 Å². The van der Waals surface area contributed by atoms with Gasteiger partial charge in [0.2, 0.25) is 5.89 Å². The highest BCUT2D eigenvalue weighted by Crippen LogP contribution is 2.33. The molecule has 32 heavy (non-hydrogen) atoms. The SMILES string of the molecule is Fc1cccc(CN2CCN(Cc3nc(-c4ccccc4)c(-c4ccccc4)o3)CC2)c1. The maximum absolute atomic E-state index is 13.5. The minimum atomic E-state index is -0.173. The van der Waals surface area contributed by atoms with Gasteiger partial charge in [-0.3, -0.25) is 9.80 Å². The third-order valence-electron chi connectivity index (χ3n) is 5.87. The summed E-state index contributed by atoms with van der Waals surface area (Å²) < 4.78 is 19.7. The van der Waals surface area contributed by atoms with Gasteiger partial charge in [-0.25, -0.2) is 9.37 Å². The van der Waals surface area contributed by atoms with Crippen LogP contribution in [0.25, 0.3) is 22.6 Å². The Labute approximate surface area is 187 Å². The van der Waals surface area contributed by atoms with E-state index < -0.39 is 0 Å². The molecule has 1 aromatic heterocycles. The molecule has 162 valence electrons. The lowest BCUT2D eigenvalue weighted by Gasteiger charge is -2.34. The van der Waals surface area contributed by atoms with E-state index >= 15 is 0 Å². The molecule has 0 spiro atoms. The van der Waals surface area contributed by atoms with Gasteiger partial charge in [-0.1, -0.05) is 72.8 Å². The molecule has 0 aliphatic carbocycles. The Hall–Kier alpha value is -3.28. The van der Waals surface area contributed by atoms with Crippen molar-refractivity contribution in [1.29, 1.82) is 0 Å². The molecule has 0 atom stereocenters. The molecule has 0 saturated carbocycles. The summed E-state index contributed by atoms with van der Waals surface area (Å²) in [5.74, 6) is 1.38. The number of aromatic nitrogens is 1. The van der Waals surface area contributed by atoms with Crippen LogP contribution in [-0.2, 0) is 13.1 Å². The number of rotatable bonds is 6. The van der Waals surface area contributed by atoms with Crippen LogP contribution in [-0.4, -0.2) is 41.0 Å². The standard InChI is InChI=1S/C27H26FN3O/c28-24-13-7-8-21(18-24)19-30-14-16-31(17-15-30)20-25-29-26(22-9-3-1-4-10-22)27(32-25)23-11-5-2-6-12-23/h1-13,18H,14-17,19-20H2. The van der Waals surface area contributed by atoms with Gasteiger partial charge in [0.05, 0.1) is 6.54 Å². The van der Waals surface area contributed by atoms with Gasteiger partial charge in [-0.2, -0.15) is 0 Å². The van der Waals surface area contributed by atoms with Crippen LogP contribution in [0.3, 0.4) is 0 Å². The van der Waals surface area contributed by atoms with Crippen LogP contribution in [0.4, 0.5) is 4.39 Å². The quantitative estimate of drug-likeness (QED) is 0.409.